The molecule has 0 aliphatic carbocycles. The fraction of sp³-hybridized carbons (Fsp3) is 0.188. The van der Waals surface area contributed by atoms with Crippen LogP contribution in [0.4, 0.5) is 0 Å². The summed E-state index contributed by atoms with van der Waals surface area (Å²) >= 11 is 0. The van der Waals surface area contributed by atoms with Crippen LogP contribution in [0.2, 0.25) is 0 Å². The molecule has 4 nitrogen and oxygen atoms in total. The van der Waals surface area contributed by atoms with Crippen LogP contribution >= 0.6 is 0 Å². The lowest BCUT2D eigenvalue weighted by Gasteiger charge is -2.09. The van der Waals surface area contributed by atoms with E-state index < -0.39 is 0 Å². The molecule has 0 heterocycles. The predicted molar refractivity (Wildman–Crippen MR) is 75.0 cm³/mol. The lowest BCUT2D eigenvalue weighted by atomic mass is 10.2. The largest absolute Gasteiger partial charge is 0.497 e. The highest BCUT2D eigenvalue weighted by Crippen LogP contribution is 2.23. The van der Waals surface area contributed by atoms with Crippen molar-refractivity contribution in [1.29, 1.82) is 5.26 Å². The minimum atomic E-state index is 0.398. The first-order valence-electron chi connectivity index (χ1n) is 6.10. The van der Waals surface area contributed by atoms with Crippen molar-refractivity contribution in [1.82, 2.24) is 0 Å². The summed E-state index contributed by atoms with van der Waals surface area (Å²) in [5, 5.41) is 8.96. The van der Waals surface area contributed by atoms with Gasteiger partial charge in [-0.15, -0.1) is 0 Å². The molecule has 0 unspecified atom stereocenters. The molecule has 0 saturated heterocycles. The second-order valence-electron chi connectivity index (χ2n) is 4.15. The lowest BCUT2D eigenvalue weighted by Crippen LogP contribution is -1.97. The number of benzene rings is 2. The van der Waals surface area contributed by atoms with E-state index in [1.807, 2.05) is 24.3 Å². The van der Waals surface area contributed by atoms with Gasteiger partial charge in [0.05, 0.1) is 25.9 Å². The zero-order chi connectivity index (χ0) is 14.4. The molecule has 0 spiro atoms. The Bertz CT molecular complexity index is 632. The Labute approximate surface area is 118 Å². The maximum Gasteiger partial charge on any atom is 0.124 e. The zero-order valence-corrected chi connectivity index (χ0v) is 11.4. The maximum atomic E-state index is 8.96. The topological polar surface area (TPSA) is 51.5 Å². The van der Waals surface area contributed by atoms with Crippen LogP contribution in [0.5, 0.6) is 17.2 Å². The number of hydrogen-bond acceptors (Lipinski definition) is 4. The Morgan fingerprint density at radius 3 is 2.40 bits per heavy atom. The first-order valence-corrected chi connectivity index (χ1v) is 6.10. The summed E-state index contributed by atoms with van der Waals surface area (Å²) in [4.78, 5) is 0. The van der Waals surface area contributed by atoms with Crippen LogP contribution in [-0.2, 0) is 6.61 Å². The minimum absolute atomic E-state index is 0.398. The van der Waals surface area contributed by atoms with E-state index in [0.717, 1.165) is 11.3 Å². The Kier molecular flexibility index (Phi) is 4.46. The zero-order valence-electron chi connectivity index (χ0n) is 11.4. The monoisotopic (exact) mass is 269 g/mol. The smallest absolute Gasteiger partial charge is 0.124 e. The van der Waals surface area contributed by atoms with Gasteiger partial charge >= 0.3 is 0 Å². The average Bonchev–Trinajstić information content (AvgIpc) is 2.52. The van der Waals surface area contributed by atoms with Crippen LogP contribution in [0.25, 0.3) is 0 Å². The summed E-state index contributed by atoms with van der Waals surface area (Å²) in [5.41, 5.74) is 1.50. The van der Waals surface area contributed by atoms with Crippen LogP contribution in [-0.4, -0.2) is 14.2 Å². The van der Waals surface area contributed by atoms with E-state index >= 15 is 0 Å². The van der Waals surface area contributed by atoms with Gasteiger partial charge in [0, 0.05) is 6.07 Å². The van der Waals surface area contributed by atoms with Crippen LogP contribution in [0, 0.1) is 11.3 Å². The molecule has 0 fully saturated rings. The number of methoxy groups -OCH3 is 2. The van der Waals surface area contributed by atoms with Crippen molar-refractivity contribution in [3.63, 3.8) is 0 Å². The van der Waals surface area contributed by atoms with E-state index in [1.165, 1.54) is 0 Å². The van der Waals surface area contributed by atoms with Gasteiger partial charge in [0.25, 0.3) is 0 Å². The van der Waals surface area contributed by atoms with Crippen molar-refractivity contribution in [2.24, 2.45) is 0 Å². The Morgan fingerprint density at radius 1 is 0.950 bits per heavy atom. The van der Waals surface area contributed by atoms with Crippen molar-refractivity contribution in [3.8, 4) is 23.3 Å². The Morgan fingerprint density at radius 2 is 1.70 bits per heavy atom. The third-order valence-electron chi connectivity index (χ3n) is 2.78. The molecule has 0 saturated carbocycles. The summed E-state index contributed by atoms with van der Waals surface area (Å²) in [6.45, 7) is 0.398. The van der Waals surface area contributed by atoms with Crippen molar-refractivity contribution in [2.75, 3.05) is 14.2 Å². The SMILES string of the molecule is COc1cccc(COc2cc(C#N)cc(OC)c2)c1. The van der Waals surface area contributed by atoms with Crippen molar-refractivity contribution in [2.45, 2.75) is 6.61 Å². The second kappa shape index (κ2) is 6.48. The Hall–Kier alpha value is -2.67. The van der Waals surface area contributed by atoms with Gasteiger partial charge in [-0.3, -0.25) is 0 Å². The van der Waals surface area contributed by atoms with E-state index in [4.69, 9.17) is 19.5 Å². The van der Waals surface area contributed by atoms with Gasteiger partial charge in [-0.2, -0.15) is 5.26 Å². The highest BCUT2D eigenvalue weighted by Gasteiger charge is 2.03. The predicted octanol–water partition coefficient (Wildman–Crippen LogP) is 3.15. The molecule has 0 aliphatic heterocycles. The molecule has 0 atom stereocenters. The lowest BCUT2D eigenvalue weighted by molar-refractivity contribution is 0.302. The van der Waals surface area contributed by atoms with Crippen molar-refractivity contribution < 1.29 is 14.2 Å². The molecule has 0 aromatic heterocycles. The Balaban J connectivity index is 2.12. The van der Waals surface area contributed by atoms with E-state index in [0.29, 0.717) is 23.7 Å². The molecule has 102 valence electrons. The maximum absolute atomic E-state index is 8.96. The number of ether oxygens (including phenoxy) is 3. The van der Waals surface area contributed by atoms with E-state index in [1.54, 1.807) is 32.4 Å². The van der Waals surface area contributed by atoms with Gasteiger partial charge in [-0.05, 0) is 29.8 Å². The molecule has 0 amide bonds. The summed E-state index contributed by atoms with van der Waals surface area (Å²) < 4.78 is 16.0. The molecular weight excluding hydrogens is 254 g/mol. The van der Waals surface area contributed by atoms with Crippen LogP contribution < -0.4 is 14.2 Å². The first kappa shape index (κ1) is 13.8. The van der Waals surface area contributed by atoms with E-state index in [-0.39, 0.29) is 0 Å². The molecule has 0 radical (unpaired) electrons. The number of rotatable bonds is 5. The number of nitriles is 1. The molecule has 2 rings (SSSR count). The molecule has 4 heteroatoms. The van der Waals surface area contributed by atoms with Gasteiger partial charge in [0.1, 0.15) is 23.9 Å². The fourth-order valence-corrected chi connectivity index (χ4v) is 1.77. The molecule has 2 aromatic rings. The van der Waals surface area contributed by atoms with Crippen LogP contribution in [0.1, 0.15) is 11.1 Å². The number of hydrogen-bond donors (Lipinski definition) is 0. The molecule has 0 N–H and O–H groups in total. The van der Waals surface area contributed by atoms with Gasteiger partial charge in [0.15, 0.2) is 0 Å². The standard InChI is InChI=1S/C16H15NO3/c1-18-14-5-3-4-12(6-14)11-20-16-8-13(10-17)7-15(9-16)19-2/h3-9H,11H2,1-2H3. The third kappa shape index (κ3) is 3.42. The van der Waals surface area contributed by atoms with Crippen molar-refractivity contribution in [3.05, 3.63) is 53.6 Å². The summed E-state index contributed by atoms with van der Waals surface area (Å²) in [6.07, 6.45) is 0. The average molecular weight is 269 g/mol. The third-order valence-corrected chi connectivity index (χ3v) is 2.78. The fourth-order valence-electron chi connectivity index (χ4n) is 1.77. The molecule has 0 bridgehead atoms. The van der Waals surface area contributed by atoms with Crippen LogP contribution in [0.15, 0.2) is 42.5 Å². The van der Waals surface area contributed by atoms with Gasteiger partial charge < -0.3 is 14.2 Å². The van der Waals surface area contributed by atoms with Gasteiger partial charge in [0.2, 0.25) is 0 Å². The van der Waals surface area contributed by atoms with E-state index in [9.17, 15) is 0 Å². The normalized spacial score (nSPS) is 9.65. The highest BCUT2D eigenvalue weighted by atomic mass is 16.5. The number of nitrogens with zero attached hydrogens (tertiary/aromatic N) is 1. The quantitative estimate of drug-likeness (QED) is 0.836. The van der Waals surface area contributed by atoms with Crippen molar-refractivity contribution >= 4 is 0 Å². The van der Waals surface area contributed by atoms with Crippen LogP contribution in [0.3, 0.4) is 0 Å². The van der Waals surface area contributed by atoms with E-state index in [2.05, 4.69) is 6.07 Å². The molecule has 20 heavy (non-hydrogen) atoms. The minimum Gasteiger partial charge on any atom is -0.497 e. The second-order valence-corrected chi connectivity index (χ2v) is 4.15. The molecule has 0 aliphatic rings. The van der Waals surface area contributed by atoms with Gasteiger partial charge in [-0.1, -0.05) is 12.1 Å². The molecular formula is C16H15NO3. The first-order chi connectivity index (χ1) is 9.75. The summed E-state index contributed by atoms with van der Waals surface area (Å²) in [6, 6.07) is 14.8. The van der Waals surface area contributed by atoms with Gasteiger partial charge in [-0.25, -0.2) is 0 Å². The highest BCUT2D eigenvalue weighted by molar-refractivity contribution is 5.44. The summed E-state index contributed by atoms with van der Waals surface area (Å²) in [7, 11) is 3.18. The summed E-state index contributed by atoms with van der Waals surface area (Å²) in [5.74, 6) is 1.99. The molecule has 2 aromatic carbocycles.